The van der Waals surface area contributed by atoms with Crippen LogP contribution in [0.5, 0.6) is 0 Å². The average Bonchev–Trinajstić information content (AvgIpc) is 2.99. The van der Waals surface area contributed by atoms with E-state index < -0.39 is 0 Å². The van der Waals surface area contributed by atoms with E-state index in [4.69, 9.17) is 0 Å². The Morgan fingerprint density at radius 3 is 2.64 bits per heavy atom. The number of carbonyl (C=O) groups is 1. The monoisotopic (exact) mass is 348 g/mol. The summed E-state index contributed by atoms with van der Waals surface area (Å²) < 4.78 is 0. The van der Waals surface area contributed by atoms with Gasteiger partial charge in [-0.1, -0.05) is 59.8 Å². The molecule has 0 saturated carbocycles. The van der Waals surface area contributed by atoms with Gasteiger partial charge < -0.3 is 4.98 Å². The number of aromatic nitrogens is 4. The second-order valence-corrected chi connectivity index (χ2v) is 7.26. The normalized spacial score (nSPS) is 12.6. The van der Waals surface area contributed by atoms with E-state index in [0.717, 1.165) is 22.0 Å². The number of carbonyl (C=O) groups excluding carboxylic acids is 1. The SMILES string of the molecule is Cc1ccc(C(=O)[C@H](C)Sc2nnc3c(n2)[nH]c2ccccc23)cc1. The van der Waals surface area contributed by atoms with E-state index in [1.165, 1.54) is 11.8 Å². The van der Waals surface area contributed by atoms with Crippen LogP contribution >= 0.6 is 11.8 Å². The first-order valence-electron chi connectivity index (χ1n) is 8.00. The maximum atomic E-state index is 12.6. The number of benzene rings is 2. The molecule has 2 aromatic heterocycles. The number of ketones is 1. The molecule has 1 N–H and O–H groups in total. The zero-order valence-corrected chi connectivity index (χ0v) is 14.7. The van der Waals surface area contributed by atoms with Crippen molar-refractivity contribution in [2.24, 2.45) is 0 Å². The molecule has 0 amide bonds. The van der Waals surface area contributed by atoms with Gasteiger partial charge in [0.05, 0.1) is 5.25 Å². The summed E-state index contributed by atoms with van der Waals surface area (Å²) in [4.78, 5) is 20.3. The van der Waals surface area contributed by atoms with E-state index in [-0.39, 0.29) is 11.0 Å². The molecule has 2 heterocycles. The molecular weight excluding hydrogens is 332 g/mol. The van der Waals surface area contributed by atoms with Crippen molar-refractivity contribution in [2.45, 2.75) is 24.3 Å². The van der Waals surface area contributed by atoms with Gasteiger partial charge in [-0.15, -0.1) is 10.2 Å². The van der Waals surface area contributed by atoms with Gasteiger partial charge in [-0.25, -0.2) is 4.98 Å². The van der Waals surface area contributed by atoms with Gasteiger partial charge >= 0.3 is 0 Å². The summed E-state index contributed by atoms with van der Waals surface area (Å²) in [6, 6.07) is 15.5. The Morgan fingerprint density at radius 1 is 1.08 bits per heavy atom. The minimum Gasteiger partial charge on any atom is -0.338 e. The van der Waals surface area contributed by atoms with Crippen LogP contribution in [0.4, 0.5) is 0 Å². The summed E-state index contributed by atoms with van der Waals surface area (Å²) in [5.41, 5.74) is 4.25. The molecule has 0 bridgehead atoms. The fraction of sp³-hybridized carbons (Fsp3) is 0.158. The number of aromatic amines is 1. The lowest BCUT2D eigenvalue weighted by Crippen LogP contribution is -2.14. The van der Waals surface area contributed by atoms with Crippen molar-refractivity contribution in [3.63, 3.8) is 0 Å². The lowest BCUT2D eigenvalue weighted by atomic mass is 10.1. The zero-order chi connectivity index (χ0) is 17.4. The van der Waals surface area contributed by atoms with Gasteiger partial charge in [0, 0.05) is 16.5 Å². The van der Waals surface area contributed by atoms with Crippen LogP contribution in [0.2, 0.25) is 0 Å². The average molecular weight is 348 g/mol. The van der Waals surface area contributed by atoms with Gasteiger partial charge in [0.2, 0.25) is 5.16 Å². The second-order valence-electron chi connectivity index (χ2n) is 5.95. The predicted octanol–water partition coefficient (Wildman–Crippen LogP) is 4.18. The minimum atomic E-state index is -0.286. The molecule has 0 unspecified atom stereocenters. The Bertz CT molecular complexity index is 1070. The first-order chi connectivity index (χ1) is 12.1. The van der Waals surface area contributed by atoms with Crippen LogP contribution in [0.1, 0.15) is 22.8 Å². The van der Waals surface area contributed by atoms with E-state index in [1.807, 2.05) is 62.4 Å². The van der Waals surface area contributed by atoms with Gasteiger partial charge in [0.15, 0.2) is 11.4 Å². The number of Topliss-reactive ketones (excluding diaryl/α,β-unsaturated/α-hetero) is 1. The Balaban J connectivity index is 1.60. The molecule has 0 aliphatic heterocycles. The maximum absolute atomic E-state index is 12.6. The van der Waals surface area contributed by atoms with Crippen molar-refractivity contribution in [2.75, 3.05) is 0 Å². The third-order valence-electron chi connectivity index (χ3n) is 4.09. The zero-order valence-electron chi connectivity index (χ0n) is 13.9. The molecule has 4 rings (SSSR count). The minimum absolute atomic E-state index is 0.0605. The molecule has 5 nitrogen and oxygen atoms in total. The fourth-order valence-electron chi connectivity index (χ4n) is 2.72. The van der Waals surface area contributed by atoms with Crippen molar-refractivity contribution in [1.82, 2.24) is 20.2 Å². The predicted molar refractivity (Wildman–Crippen MR) is 100 cm³/mol. The molecule has 0 aliphatic rings. The number of H-pyrrole nitrogens is 1. The van der Waals surface area contributed by atoms with E-state index in [0.29, 0.717) is 16.4 Å². The topological polar surface area (TPSA) is 71.5 Å². The number of nitrogens with zero attached hydrogens (tertiary/aromatic N) is 3. The number of para-hydroxylation sites is 1. The van der Waals surface area contributed by atoms with Crippen LogP contribution in [0.25, 0.3) is 22.1 Å². The van der Waals surface area contributed by atoms with Crippen molar-refractivity contribution < 1.29 is 4.79 Å². The number of hydrogen-bond acceptors (Lipinski definition) is 5. The number of rotatable bonds is 4. The summed E-state index contributed by atoms with van der Waals surface area (Å²) in [7, 11) is 0. The van der Waals surface area contributed by atoms with Crippen molar-refractivity contribution in [1.29, 1.82) is 0 Å². The van der Waals surface area contributed by atoms with Crippen LogP contribution in [0, 0.1) is 6.92 Å². The second kappa shape index (κ2) is 6.29. The van der Waals surface area contributed by atoms with E-state index in [9.17, 15) is 4.79 Å². The number of nitrogens with one attached hydrogen (secondary N) is 1. The lowest BCUT2D eigenvalue weighted by Gasteiger charge is -2.09. The summed E-state index contributed by atoms with van der Waals surface area (Å²) in [6.45, 7) is 3.87. The molecule has 0 saturated heterocycles. The molecule has 2 aromatic carbocycles. The van der Waals surface area contributed by atoms with Gasteiger partial charge in [-0.2, -0.15) is 0 Å². The van der Waals surface area contributed by atoms with Gasteiger partial charge in [0.1, 0.15) is 5.52 Å². The molecule has 0 spiro atoms. The molecular formula is C19H16N4OS. The highest BCUT2D eigenvalue weighted by atomic mass is 32.2. The molecule has 0 aliphatic carbocycles. The van der Waals surface area contributed by atoms with Gasteiger partial charge in [-0.3, -0.25) is 4.79 Å². The molecule has 4 aromatic rings. The smallest absolute Gasteiger partial charge is 0.211 e. The number of fused-ring (bicyclic) bond motifs is 3. The lowest BCUT2D eigenvalue weighted by molar-refractivity contribution is 0.0994. The highest BCUT2D eigenvalue weighted by Gasteiger charge is 2.19. The van der Waals surface area contributed by atoms with Crippen molar-refractivity contribution in [3.05, 3.63) is 59.7 Å². The summed E-state index contributed by atoms with van der Waals surface area (Å²) in [5, 5.41) is 9.68. The Morgan fingerprint density at radius 2 is 1.84 bits per heavy atom. The fourth-order valence-corrected chi connectivity index (χ4v) is 3.51. The molecule has 0 radical (unpaired) electrons. The highest BCUT2D eigenvalue weighted by Crippen LogP contribution is 2.26. The van der Waals surface area contributed by atoms with Crippen LogP contribution in [-0.4, -0.2) is 31.2 Å². The summed E-state index contributed by atoms with van der Waals surface area (Å²) in [6.07, 6.45) is 0. The van der Waals surface area contributed by atoms with Gasteiger partial charge in [0.25, 0.3) is 0 Å². The third kappa shape index (κ3) is 3.00. The van der Waals surface area contributed by atoms with Crippen LogP contribution < -0.4 is 0 Å². The summed E-state index contributed by atoms with van der Waals surface area (Å²) >= 11 is 1.32. The summed E-state index contributed by atoms with van der Waals surface area (Å²) in [5.74, 6) is 0.0605. The Labute approximate surface area is 148 Å². The first kappa shape index (κ1) is 15.8. The molecule has 6 heteroatoms. The Hall–Kier alpha value is -2.73. The van der Waals surface area contributed by atoms with Crippen LogP contribution in [0.3, 0.4) is 0 Å². The molecule has 25 heavy (non-hydrogen) atoms. The van der Waals surface area contributed by atoms with E-state index in [2.05, 4.69) is 20.2 Å². The number of aryl methyl sites for hydroxylation is 1. The largest absolute Gasteiger partial charge is 0.338 e. The van der Waals surface area contributed by atoms with Crippen LogP contribution in [-0.2, 0) is 0 Å². The van der Waals surface area contributed by atoms with Crippen LogP contribution in [0.15, 0.2) is 53.7 Å². The molecule has 124 valence electrons. The Kier molecular flexibility index (Phi) is 3.97. The van der Waals surface area contributed by atoms with Gasteiger partial charge in [-0.05, 0) is 19.9 Å². The van der Waals surface area contributed by atoms with E-state index >= 15 is 0 Å². The highest BCUT2D eigenvalue weighted by molar-refractivity contribution is 8.00. The quantitative estimate of drug-likeness (QED) is 0.442. The van der Waals surface area contributed by atoms with E-state index in [1.54, 1.807) is 0 Å². The van der Waals surface area contributed by atoms with Crippen molar-refractivity contribution in [3.8, 4) is 0 Å². The number of hydrogen-bond donors (Lipinski definition) is 1. The first-order valence-corrected chi connectivity index (χ1v) is 8.88. The standard InChI is InChI=1S/C19H16N4OS/c1-11-7-9-13(10-8-11)17(24)12(2)25-19-21-18-16(22-23-19)14-5-3-4-6-15(14)20-18/h3-10,12H,1-2H3,(H,20,21,23)/t12-/m0/s1. The molecule has 0 fully saturated rings. The third-order valence-corrected chi connectivity index (χ3v) is 5.04. The van der Waals surface area contributed by atoms with Crippen molar-refractivity contribution >= 4 is 39.6 Å². The maximum Gasteiger partial charge on any atom is 0.211 e. The number of thioether (sulfide) groups is 1. The molecule has 1 atom stereocenters.